The third kappa shape index (κ3) is 5.93. The first-order valence-electron chi connectivity index (χ1n) is 13.4. The molecule has 0 atom stereocenters. The molecule has 8 nitrogen and oxygen atoms in total. The lowest BCUT2D eigenvalue weighted by atomic mass is 10.0. The number of carbonyl (C=O) groups excluding carboxylic acids is 1. The number of anilines is 1. The first-order chi connectivity index (χ1) is 19.6. The molecule has 0 bridgehead atoms. The Hall–Kier alpha value is -3.92. The number of aromatic nitrogens is 2. The van der Waals surface area contributed by atoms with Crippen LogP contribution in [0.5, 0.6) is 11.5 Å². The number of halogens is 1. The first kappa shape index (κ1) is 28.6. The maximum Gasteiger partial charge on any atom is 0.252 e. The number of nitrogens with zero attached hydrogens (tertiary/aromatic N) is 4. The summed E-state index contributed by atoms with van der Waals surface area (Å²) in [5.41, 5.74) is 4.09. The monoisotopic (exact) mass is 589 g/mol. The van der Waals surface area contributed by atoms with E-state index in [0.29, 0.717) is 23.6 Å². The van der Waals surface area contributed by atoms with Crippen LogP contribution in [-0.4, -0.2) is 74.3 Å². The number of hydrogen-bond donors (Lipinski definition) is 1. The molecule has 1 saturated heterocycles. The number of nitrogens with one attached hydrogen (secondary N) is 1. The number of methoxy groups -OCH3 is 2. The van der Waals surface area contributed by atoms with E-state index in [9.17, 15) is 4.79 Å². The number of benzene rings is 3. The highest BCUT2D eigenvalue weighted by atomic mass is 35.5. The fourth-order valence-electron chi connectivity index (χ4n) is 5.14. The smallest absolute Gasteiger partial charge is 0.252 e. The Labute approximate surface area is 249 Å². The molecule has 3 heterocycles. The van der Waals surface area contributed by atoms with E-state index in [1.54, 1.807) is 25.6 Å². The molecule has 0 aliphatic carbocycles. The summed E-state index contributed by atoms with van der Waals surface area (Å²) in [6.45, 7) is 4.93. The largest absolute Gasteiger partial charge is 0.493 e. The van der Waals surface area contributed by atoms with Gasteiger partial charge in [-0.25, -0.2) is 9.97 Å². The predicted molar refractivity (Wildman–Crippen MR) is 168 cm³/mol. The molecule has 212 valence electrons. The van der Waals surface area contributed by atoms with Crippen molar-refractivity contribution in [3.8, 4) is 22.8 Å². The van der Waals surface area contributed by atoms with E-state index in [4.69, 9.17) is 19.4 Å². The normalized spacial score (nSPS) is 13.7. The van der Waals surface area contributed by atoms with Crippen LogP contribution < -0.4 is 19.7 Å². The minimum atomic E-state index is -0.0757. The van der Waals surface area contributed by atoms with Crippen molar-refractivity contribution in [3.05, 3.63) is 78.4 Å². The summed E-state index contributed by atoms with van der Waals surface area (Å²) in [7, 11) is 3.28. The van der Waals surface area contributed by atoms with Gasteiger partial charge in [0.1, 0.15) is 5.52 Å². The van der Waals surface area contributed by atoms with Crippen molar-refractivity contribution < 1.29 is 14.3 Å². The second kappa shape index (κ2) is 12.7. The Morgan fingerprint density at radius 1 is 0.927 bits per heavy atom. The van der Waals surface area contributed by atoms with Gasteiger partial charge in [0, 0.05) is 50.2 Å². The van der Waals surface area contributed by atoms with Crippen LogP contribution in [0.1, 0.15) is 10.4 Å². The van der Waals surface area contributed by atoms with Gasteiger partial charge in [-0.15, -0.1) is 12.4 Å². The average Bonchev–Trinajstić information content (AvgIpc) is 3.45. The number of piperazine rings is 1. The number of amides is 1. The average molecular weight is 590 g/mol. The van der Waals surface area contributed by atoms with Gasteiger partial charge in [-0.1, -0.05) is 59.9 Å². The van der Waals surface area contributed by atoms with Gasteiger partial charge >= 0.3 is 0 Å². The number of fused-ring (bicyclic) bond motifs is 2. The topological polar surface area (TPSA) is 79.8 Å². The second-order valence-electron chi connectivity index (χ2n) is 9.67. The Balaban J connectivity index is 0.00000337. The van der Waals surface area contributed by atoms with Crippen LogP contribution in [0.15, 0.2) is 72.8 Å². The minimum Gasteiger partial charge on any atom is -0.493 e. The Bertz CT molecular complexity index is 1650. The zero-order valence-electron chi connectivity index (χ0n) is 23.0. The highest BCUT2D eigenvalue weighted by molar-refractivity contribution is 7.22. The summed E-state index contributed by atoms with van der Waals surface area (Å²) in [6, 6.07) is 23.6. The van der Waals surface area contributed by atoms with E-state index in [1.165, 1.54) is 0 Å². The standard InChI is InChI=1S/C31H31N5O3S.ClH/c1-38-26-12-13-27-28(29(26)39-2)34-31(40-27)36-18-16-35(17-19-36)15-14-32-30(37)23-20-25(21-8-4-3-5-9-21)33-24-11-7-6-10-22(23)24;/h3-13,20H,14-19H2,1-2H3,(H,32,37);1H. The number of hydrogen-bond acceptors (Lipinski definition) is 8. The molecule has 0 saturated carbocycles. The van der Waals surface area contributed by atoms with Crippen molar-refractivity contribution in [1.29, 1.82) is 0 Å². The molecular formula is C31H32ClN5O3S. The first-order valence-corrected chi connectivity index (χ1v) is 14.2. The molecule has 6 rings (SSSR count). The fourth-order valence-corrected chi connectivity index (χ4v) is 6.15. The molecule has 41 heavy (non-hydrogen) atoms. The van der Waals surface area contributed by atoms with Crippen molar-refractivity contribution in [3.63, 3.8) is 0 Å². The van der Waals surface area contributed by atoms with Crippen LogP contribution >= 0.6 is 23.7 Å². The number of para-hydroxylation sites is 1. The molecule has 1 N–H and O–H groups in total. The Morgan fingerprint density at radius 3 is 2.44 bits per heavy atom. The zero-order valence-corrected chi connectivity index (χ0v) is 24.6. The molecule has 1 amide bonds. The summed E-state index contributed by atoms with van der Waals surface area (Å²) >= 11 is 1.67. The minimum absolute atomic E-state index is 0. The van der Waals surface area contributed by atoms with Gasteiger partial charge in [-0.2, -0.15) is 0 Å². The quantitative estimate of drug-likeness (QED) is 0.256. The summed E-state index contributed by atoms with van der Waals surface area (Å²) in [5, 5.41) is 5.00. The second-order valence-corrected chi connectivity index (χ2v) is 10.7. The number of ether oxygens (including phenoxy) is 2. The molecule has 3 aromatic carbocycles. The maximum absolute atomic E-state index is 13.3. The maximum atomic E-state index is 13.3. The third-order valence-electron chi connectivity index (χ3n) is 7.28. The van der Waals surface area contributed by atoms with E-state index in [0.717, 1.165) is 70.2 Å². The SMILES string of the molecule is COc1ccc2sc(N3CCN(CCNC(=O)c4cc(-c5ccccc5)nc5ccccc45)CC3)nc2c1OC.Cl. The highest BCUT2D eigenvalue weighted by Crippen LogP contribution is 2.40. The van der Waals surface area contributed by atoms with Gasteiger partial charge in [0.15, 0.2) is 16.6 Å². The molecule has 0 spiro atoms. The van der Waals surface area contributed by atoms with Gasteiger partial charge in [0.2, 0.25) is 0 Å². The van der Waals surface area contributed by atoms with Gasteiger partial charge in [0.25, 0.3) is 5.91 Å². The van der Waals surface area contributed by atoms with Crippen molar-refractivity contribution >= 4 is 55.9 Å². The van der Waals surface area contributed by atoms with Crippen molar-refractivity contribution in [2.24, 2.45) is 0 Å². The molecule has 0 radical (unpaired) electrons. The number of pyridine rings is 1. The van der Waals surface area contributed by atoms with Gasteiger partial charge in [-0.05, 0) is 24.3 Å². The van der Waals surface area contributed by atoms with E-state index >= 15 is 0 Å². The Kier molecular flexibility index (Phi) is 8.87. The van der Waals surface area contributed by atoms with Crippen LogP contribution in [0.2, 0.25) is 0 Å². The Morgan fingerprint density at radius 2 is 1.68 bits per heavy atom. The molecule has 1 aliphatic rings. The van der Waals surface area contributed by atoms with Crippen molar-refractivity contribution in [1.82, 2.24) is 20.2 Å². The molecule has 0 unspecified atom stereocenters. The molecular weight excluding hydrogens is 558 g/mol. The number of thiazole rings is 1. The lowest BCUT2D eigenvalue weighted by Gasteiger charge is -2.34. The fraction of sp³-hybridized carbons (Fsp3) is 0.258. The lowest BCUT2D eigenvalue weighted by molar-refractivity contribution is 0.0949. The zero-order chi connectivity index (χ0) is 27.5. The molecule has 1 aliphatic heterocycles. The summed E-state index contributed by atoms with van der Waals surface area (Å²) in [6.07, 6.45) is 0. The molecule has 10 heteroatoms. The molecule has 5 aromatic rings. The van der Waals surface area contributed by atoms with E-state index in [-0.39, 0.29) is 18.3 Å². The van der Waals surface area contributed by atoms with Crippen LogP contribution in [0.3, 0.4) is 0 Å². The van der Waals surface area contributed by atoms with Crippen LogP contribution in [0, 0.1) is 0 Å². The molecule has 2 aromatic heterocycles. The number of rotatable bonds is 8. The van der Waals surface area contributed by atoms with E-state index < -0.39 is 0 Å². The van der Waals surface area contributed by atoms with Gasteiger partial charge in [-0.3, -0.25) is 9.69 Å². The summed E-state index contributed by atoms with van der Waals surface area (Å²) in [4.78, 5) is 27.7. The van der Waals surface area contributed by atoms with Crippen molar-refractivity contribution in [2.75, 3.05) is 58.4 Å². The molecule has 1 fully saturated rings. The highest BCUT2D eigenvalue weighted by Gasteiger charge is 2.22. The lowest BCUT2D eigenvalue weighted by Crippen LogP contribution is -2.48. The summed E-state index contributed by atoms with van der Waals surface area (Å²) < 4.78 is 12.1. The van der Waals surface area contributed by atoms with Gasteiger partial charge in [0.05, 0.1) is 35.7 Å². The van der Waals surface area contributed by atoms with Crippen LogP contribution in [0.4, 0.5) is 5.13 Å². The van der Waals surface area contributed by atoms with E-state index in [1.807, 2.05) is 72.8 Å². The summed E-state index contributed by atoms with van der Waals surface area (Å²) in [5.74, 6) is 1.29. The predicted octanol–water partition coefficient (Wildman–Crippen LogP) is 5.50. The van der Waals surface area contributed by atoms with Crippen molar-refractivity contribution in [2.45, 2.75) is 0 Å². The van der Waals surface area contributed by atoms with E-state index in [2.05, 4.69) is 15.1 Å². The third-order valence-corrected chi connectivity index (χ3v) is 8.36. The van der Waals surface area contributed by atoms with Crippen LogP contribution in [-0.2, 0) is 0 Å². The number of carbonyl (C=O) groups is 1. The van der Waals surface area contributed by atoms with Crippen LogP contribution in [0.25, 0.3) is 32.4 Å². The van der Waals surface area contributed by atoms with Gasteiger partial charge < -0.3 is 19.7 Å².